The molecule has 8 aromatic carbocycles. The van der Waals surface area contributed by atoms with Crippen LogP contribution in [0.15, 0.2) is 188 Å². The Bertz CT molecular complexity index is 2920. The second-order valence-electron chi connectivity index (χ2n) is 15.1. The van der Waals surface area contributed by atoms with E-state index < -0.39 is 0 Å². The number of hydrogen-bond donors (Lipinski definition) is 0. The van der Waals surface area contributed by atoms with Crippen LogP contribution in [0.2, 0.25) is 0 Å². The van der Waals surface area contributed by atoms with E-state index in [1.807, 2.05) is 11.3 Å². The first-order chi connectivity index (χ1) is 26.5. The second-order valence-corrected chi connectivity index (χ2v) is 16.2. The third-order valence-electron chi connectivity index (χ3n) is 12.4. The van der Waals surface area contributed by atoms with Crippen LogP contribution in [0.3, 0.4) is 0 Å². The summed E-state index contributed by atoms with van der Waals surface area (Å²) in [6.45, 7) is 4.80. The number of nitrogens with zero attached hydrogens (tertiary/aromatic N) is 1. The molecule has 2 atom stereocenters. The molecule has 2 aliphatic carbocycles. The maximum absolute atomic E-state index is 2.52. The van der Waals surface area contributed by atoms with E-state index >= 15 is 0 Å². The Morgan fingerprint density at radius 3 is 1.63 bits per heavy atom. The van der Waals surface area contributed by atoms with Crippen LogP contribution < -0.4 is 4.90 Å². The van der Waals surface area contributed by atoms with Crippen molar-refractivity contribution in [2.24, 2.45) is 0 Å². The Labute approximate surface area is 320 Å². The van der Waals surface area contributed by atoms with Gasteiger partial charge >= 0.3 is 0 Å². The average Bonchev–Trinajstić information content (AvgIpc) is 3.84. The summed E-state index contributed by atoms with van der Waals surface area (Å²) in [7, 11) is 0. The normalized spacial score (nSPS) is 18.0. The average molecular weight is 708 g/mol. The summed E-state index contributed by atoms with van der Waals surface area (Å²) in [6, 6.07) is 70.0. The summed E-state index contributed by atoms with van der Waals surface area (Å²) in [5.74, 6) is 0. The molecule has 256 valence electrons. The minimum Gasteiger partial charge on any atom is -0.309 e. The standard InChI is InChI=1S/C52H37NS/c1-51(34-16-5-3-6-17-34)45-25-13-10-21-39(45)43-32-36(29-31-46(43)51)53(48-26-15-23-42-41-22-11-14-27-49(41)54-50(42)48)37-28-30-40-38-20-9-12-24-44(38)52(2,47(40)33-37)35-18-7-4-8-19-35/h3-33H,1-2H3. The first-order valence-electron chi connectivity index (χ1n) is 18.9. The van der Waals surface area contributed by atoms with Crippen LogP contribution in [0.5, 0.6) is 0 Å². The molecule has 54 heavy (non-hydrogen) atoms. The number of benzene rings is 8. The lowest BCUT2D eigenvalue weighted by Crippen LogP contribution is -2.23. The molecule has 0 fully saturated rings. The zero-order valence-electron chi connectivity index (χ0n) is 30.3. The van der Waals surface area contributed by atoms with E-state index in [0.717, 1.165) is 11.4 Å². The topological polar surface area (TPSA) is 3.24 Å². The van der Waals surface area contributed by atoms with Gasteiger partial charge in [0.05, 0.1) is 10.4 Å². The highest BCUT2D eigenvalue weighted by Crippen LogP contribution is 2.56. The van der Waals surface area contributed by atoms with Gasteiger partial charge < -0.3 is 4.90 Å². The molecule has 0 saturated heterocycles. The van der Waals surface area contributed by atoms with Crippen LogP contribution in [0.25, 0.3) is 42.4 Å². The summed E-state index contributed by atoms with van der Waals surface area (Å²) in [5, 5.41) is 2.60. The van der Waals surface area contributed by atoms with Crippen LogP contribution in [0.1, 0.15) is 47.2 Å². The highest BCUT2D eigenvalue weighted by Gasteiger charge is 2.42. The predicted molar refractivity (Wildman–Crippen MR) is 229 cm³/mol. The van der Waals surface area contributed by atoms with Crippen molar-refractivity contribution in [2.75, 3.05) is 4.90 Å². The van der Waals surface area contributed by atoms with Crippen LogP contribution in [0, 0.1) is 0 Å². The van der Waals surface area contributed by atoms with Crippen LogP contribution in [0.4, 0.5) is 17.1 Å². The monoisotopic (exact) mass is 707 g/mol. The van der Waals surface area contributed by atoms with Gasteiger partial charge in [-0.2, -0.15) is 0 Å². The third kappa shape index (κ3) is 4.26. The maximum Gasteiger partial charge on any atom is 0.0640 e. The van der Waals surface area contributed by atoms with Gasteiger partial charge in [0.15, 0.2) is 0 Å². The molecule has 0 radical (unpaired) electrons. The van der Waals surface area contributed by atoms with Crippen molar-refractivity contribution >= 4 is 48.6 Å². The Balaban J connectivity index is 1.18. The van der Waals surface area contributed by atoms with E-state index in [1.54, 1.807) is 0 Å². The molecule has 0 spiro atoms. The molecular formula is C52H37NS. The number of thiophene rings is 1. The first-order valence-corrected chi connectivity index (χ1v) is 19.7. The summed E-state index contributed by atoms with van der Waals surface area (Å²) >= 11 is 1.89. The van der Waals surface area contributed by atoms with Gasteiger partial charge in [-0.3, -0.25) is 0 Å². The van der Waals surface area contributed by atoms with Crippen molar-refractivity contribution in [3.63, 3.8) is 0 Å². The smallest absolute Gasteiger partial charge is 0.0640 e. The number of rotatable bonds is 5. The first kappa shape index (κ1) is 31.3. The Hall–Kier alpha value is -6.22. The lowest BCUT2D eigenvalue weighted by atomic mass is 9.74. The minimum atomic E-state index is -0.299. The fourth-order valence-electron chi connectivity index (χ4n) is 9.75. The molecule has 0 aliphatic heterocycles. The van der Waals surface area contributed by atoms with Gasteiger partial charge in [0.2, 0.25) is 0 Å². The molecular weight excluding hydrogens is 671 g/mol. The van der Waals surface area contributed by atoms with Gasteiger partial charge in [-0.15, -0.1) is 11.3 Å². The molecule has 1 aromatic heterocycles. The lowest BCUT2D eigenvalue weighted by Gasteiger charge is -2.31. The molecule has 0 bridgehead atoms. The summed E-state index contributed by atoms with van der Waals surface area (Å²) in [4.78, 5) is 2.52. The van der Waals surface area contributed by atoms with Gasteiger partial charge in [0.25, 0.3) is 0 Å². The number of fused-ring (bicyclic) bond motifs is 9. The molecule has 1 nitrogen and oxygen atoms in total. The molecule has 2 unspecified atom stereocenters. The van der Waals surface area contributed by atoms with Crippen molar-refractivity contribution in [3.05, 3.63) is 221 Å². The fourth-order valence-corrected chi connectivity index (χ4v) is 11.0. The number of anilines is 3. The molecule has 11 rings (SSSR count). The molecule has 0 N–H and O–H groups in total. The third-order valence-corrected chi connectivity index (χ3v) is 13.6. The van der Waals surface area contributed by atoms with Gasteiger partial charge in [0, 0.05) is 37.7 Å². The van der Waals surface area contributed by atoms with E-state index in [1.165, 1.54) is 81.5 Å². The van der Waals surface area contributed by atoms with E-state index in [2.05, 4.69) is 207 Å². The van der Waals surface area contributed by atoms with Gasteiger partial charge in [-0.05, 0) is 106 Å². The van der Waals surface area contributed by atoms with Crippen molar-refractivity contribution in [1.82, 2.24) is 0 Å². The van der Waals surface area contributed by atoms with Gasteiger partial charge in [-0.25, -0.2) is 0 Å². The minimum absolute atomic E-state index is 0.251. The molecule has 1 heterocycles. The summed E-state index contributed by atoms with van der Waals surface area (Å²) < 4.78 is 2.60. The Kier molecular flexibility index (Phi) is 6.75. The zero-order valence-corrected chi connectivity index (χ0v) is 31.1. The largest absolute Gasteiger partial charge is 0.309 e. The number of hydrogen-bond acceptors (Lipinski definition) is 2. The lowest BCUT2D eigenvalue weighted by molar-refractivity contribution is 0.713. The summed E-state index contributed by atoms with van der Waals surface area (Å²) in [6.07, 6.45) is 0. The van der Waals surface area contributed by atoms with Crippen LogP contribution >= 0.6 is 11.3 Å². The van der Waals surface area contributed by atoms with Gasteiger partial charge in [0.1, 0.15) is 0 Å². The van der Waals surface area contributed by atoms with Crippen LogP contribution in [-0.2, 0) is 10.8 Å². The quantitative estimate of drug-likeness (QED) is 0.172. The van der Waals surface area contributed by atoms with E-state index in [4.69, 9.17) is 0 Å². The Morgan fingerprint density at radius 2 is 0.907 bits per heavy atom. The molecule has 2 heteroatoms. The van der Waals surface area contributed by atoms with E-state index in [-0.39, 0.29) is 10.8 Å². The highest BCUT2D eigenvalue weighted by atomic mass is 32.1. The highest BCUT2D eigenvalue weighted by molar-refractivity contribution is 7.26. The van der Waals surface area contributed by atoms with Crippen molar-refractivity contribution in [2.45, 2.75) is 24.7 Å². The van der Waals surface area contributed by atoms with E-state index in [9.17, 15) is 0 Å². The van der Waals surface area contributed by atoms with Crippen molar-refractivity contribution in [3.8, 4) is 22.3 Å². The van der Waals surface area contributed by atoms with Crippen molar-refractivity contribution in [1.29, 1.82) is 0 Å². The van der Waals surface area contributed by atoms with Crippen molar-refractivity contribution < 1.29 is 0 Å². The second kappa shape index (κ2) is 11.6. The fraction of sp³-hybridized carbons (Fsp3) is 0.0769. The van der Waals surface area contributed by atoms with E-state index in [0.29, 0.717) is 0 Å². The maximum atomic E-state index is 2.52. The predicted octanol–water partition coefficient (Wildman–Crippen LogP) is 14.2. The van der Waals surface area contributed by atoms with Gasteiger partial charge in [-0.1, -0.05) is 152 Å². The molecule has 9 aromatic rings. The molecule has 0 amide bonds. The molecule has 0 saturated carbocycles. The molecule has 2 aliphatic rings. The Morgan fingerprint density at radius 1 is 0.389 bits per heavy atom. The van der Waals surface area contributed by atoms with Crippen LogP contribution in [-0.4, -0.2) is 0 Å². The summed E-state index contributed by atoms with van der Waals surface area (Å²) in [5.41, 5.74) is 16.2. The SMILES string of the molecule is CC1(c2ccccc2)c2ccccc2-c2cc(N(c3ccc4c(c3)C(C)(c3ccccc3)c3ccccc3-4)c3cccc4c3sc3ccccc34)ccc21. The zero-order chi connectivity index (χ0) is 36.0.